The van der Waals surface area contributed by atoms with Crippen LogP contribution in [0.4, 0.5) is 5.69 Å². The second-order valence-corrected chi connectivity index (χ2v) is 7.09. The Labute approximate surface area is 176 Å². The van der Waals surface area contributed by atoms with Gasteiger partial charge in [0, 0.05) is 37.7 Å². The highest BCUT2D eigenvalue weighted by atomic mass is 16.2. The van der Waals surface area contributed by atoms with Crippen molar-refractivity contribution in [1.29, 1.82) is 5.26 Å². The Morgan fingerprint density at radius 1 is 1.06 bits per heavy atom. The van der Waals surface area contributed by atoms with Crippen LogP contribution in [0.15, 0.2) is 61.4 Å². The van der Waals surface area contributed by atoms with Crippen LogP contribution in [0.2, 0.25) is 0 Å². The molecule has 4 heterocycles. The van der Waals surface area contributed by atoms with Crippen LogP contribution in [-0.2, 0) is 7.05 Å². The number of rotatable bonds is 3. The molecule has 0 bridgehead atoms. The van der Waals surface area contributed by atoms with Gasteiger partial charge in [-0.05, 0) is 30.3 Å². The van der Waals surface area contributed by atoms with Gasteiger partial charge in [-0.1, -0.05) is 0 Å². The van der Waals surface area contributed by atoms with Crippen molar-refractivity contribution in [2.24, 2.45) is 7.05 Å². The maximum Gasteiger partial charge on any atom is 0.278 e. The molecule has 0 aliphatic rings. The van der Waals surface area contributed by atoms with Crippen LogP contribution in [0, 0.1) is 11.3 Å². The van der Waals surface area contributed by atoms with E-state index in [0.29, 0.717) is 16.9 Å². The number of carbonyl (C=O) groups is 1. The molecule has 5 aromatic rings. The molecule has 0 atom stereocenters. The molecule has 9 nitrogen and oxygen atoms in total. The SMILES string of the molecule is CN(C(=O)c1cn2c(-c3cnc4c(c3)ncn4C)cnc2cn1)c1ccc(C#N)cc1. The van der Waals surface area contributed by atoms with Crippen LogP contribution in [0.25, 0.3) is 28.1 Å². The van der Waals surface area contributed by atoms with Crippen molar-refractivity contribution in [1.82, 2.24) is 28.9 Å². The van der Waals surface area contributed by atoms with Gasteiger partial charge < -0.3 is 9.47 Å². The lowest BCUT2D eigenvalue weighted by atomic mass is 10.2. The average Bonchev–Trinajstić information content (AvgIpc) is 3.41. The lowest BCUT2D eigenvalue weighted by molar-refractivity contribution is 0.0988. The summed E-state index contributed by atoms with van der Waals surface area (Å²) in [6.07, 6.45) is 8.44. The number of aromatic nitrogens is 6. The molecule has 150 valence electrons. The van der Waals surface area contributed by atoms with Gasteiger partial charge in [-0.15, -0.1) is 0 Å². The van der Waals surface area contributed by atoms with Gasteiger partial charge in [-0.3, -0.25) is 9.20 Å². The number of benzene rings is 1. The fourth-order valence-corrected chi connectivity index (χ4v) is 3.42. The minimum atomic E-state index is -0.274. The number of amides is 1. The molecule has 0 spiro atoms. The zero-order chi connectivity index (χ0) is 21.5. The van der Waals surface area contributed by atoms with Gasteiger partial charge in [0.2, 0.25) is 0 Å². The first-order chi connectivity index (χ1) is 15.0. The number of imidazole rings is 2. The van der Waals surface area contributed by atoms with E-state index >= 15 is 0 Å². The van der Waals surface area contributed by atoms with E-state index in [0.717, 1.165) is 22.4 Å². The van der Waals surface area contributed by atoms with Crippen molar-refractivity contribution < 1.29 is 4.79 Å². The Bertz CT molecular complexity index is 1490. The van der Waals surface area contributed by atoms with E-state index in [-0.39, 0.29) is 11.6 Å². The summed E-state index contributed by atoms with van der Waals surface area (Å²) in [6.45, 7) is 0. The fourth-order valence-electron chi connectivity index (χ4n) is 3.42. The van der Waals surface area contributed by atoms with Gasteiger partial charge in [0.15, 0.2) is 11.3 Å². The van der Waals surface area contributed by atoms with Crippen molar-refractivity contribution in [3.63, 3.8) is 0 Å². The van der Waals surface area contributed by atoms with Crippen molar-refractivity contribution >= 4 is 28.4 Å². The topological polar surface area (TPSA) is 105 Å². The van der Waals surface area contributed by atoms with E-state index in [9.17, 15) is 4.79 Å². The molecule has 5 rings (SSSR count). The number of fused-ring (bicyclic) bond motifs is 2. The summed E-state index contributed by atoms with van der Waals surface area (Å²) in [5, 5.41) is 8.96. The van der Waals surface area contributed by atoms with E-state index in [1.165, 1.54) is 4.90 Å². The third kappa shape index (κ3) is 3.07. The van der Waals surface area contributed by atoms with E-state index in [2.05, 4.69) is 26.0 Å². The highest BCUT2D eigenvalue weighted by Crippen LogP contribution is 2.24. The van der Waals surface area contributed by atoms with Crippen LogP contribution in [0.3, 0.4) is 0 Å². The molecule has 0 radical (unpaired) electrons. The lowest BCUT2D eigenvalue weighted by Crippen LogP contribution is -2.27. The molecule has 4 aromatic heterocycles. The number of nitrogens with zero attached hydrogens (tertiary/aromatic N) is 8. The number of nitriles is 1. The predicted molar refractivity (Wildman–Crippen MR) is 114 cm³/mol. The lowest BCUT2D eigenvalue weighted by Gasteiger charge is -2.17. The van der Waals surface area contributed by atoms with Crippen LogP contribution < -0.4 is 4.90 Å². The molecule has 0 saturated carbocycles. The molecule has 9 heteroatoms. The number of hydrogen-bond donors (Lipinski definition) is 0. The smallest absolute Gasteiger partial charge is 0.278 e. The molecule has 31 heavy (non-hydrogen) atoms. The molecule has 0 fully saturated rings. The number of carbonyl (C=O) groups excluding carboxylic acids is 1. The molecule has 0 N–H and O–H groups in total. The number of anilines is 1. The molecule has 0 aliphatic heterocycles. The summed E-state index contributed by atoms with van der Waals surface area (Å²) in [4.78, 5) is 32.1. The molecule has 1 aromatic carbocycles. The van der Waals surface area contributed by atoms with Gasteiger partial charge in [-0.2, -0.15) is 5.26 Å². The third-order valence-electron chi connectivity index (χ3n) is 5.15. The largest absolute Gasteiger partial charge is 0.318 e. The summed E-state index contributed by atoms with van der Waals surface area (Å²) in [6, 6.07) is 10.8. The second-order valence-electron chi connectivity index (χ2n) is 7.09. The number of hydrogen-bond acceptors (Lipinski definition) is 6. The van der Waals surface area contributed by atoms with Crippen LogP contribution in [0.5, 0.6) is 0 Å². The summed E-state index contributed by atoms with van der Waals surface area (Å²) in [7, 11) is 3.56. The first-order valence-electron chi connectivity index (χ1n) is 9.44. The summed E-state index contributed by atoms with van der Waals surface area (Å²) in [5.74, 6) is -0.274. The van der Waals surface area contributed by atoms with Crippen molar-refractivity contribution in [2.75, 3.05) is 11.9 Å². The number of aryl methyl sites for hydroxylation is 1. The van der Waals surface area contributed by atoms with Gasteiger partial charge in [0.25, 0.3) is 5.91 Å². The fraction of sp³-hybridized carbons (Fsp3) is 0.0909. The standard InChI is InChI=1S/C22H16N8O/c1-28-13-27-17-7-15(9-26-21(17)28)19-10-25-20-11-24-18(12-30(19)20)22(31)29(2)16-5-3-14(8-23)4-6-16/h3-7,9-13H,1-2H3. The third-order valence-corrected chi connectivity index (χ3v) is 5.15. The number of pyridine rings is 1. The minimum absolute atomic E-state index is 0.269. The molecule has 1 amide bonds. The highest BCUT2D eigenvalue weighted by Gasteiger charge is 2.17. The first kappa shape index (κ1) is 18.4. The van der Waals surface area contributed by atoms with Crippen LogP contribution in [-0.4, -0.2) is 41.9 Å². The Balaban J connectivity index is 1.53. The zero-order valence-corrected chi connectivity index (χ0v) is 16.8. The van der Waals surface area contributed by atoms with Crippen LogP contribution in [0.1, 0.15) is 16.1 Å². The molecule has 0 unspecified atom stereocenters. The predicted octanol–water partition coefficient (Wildman–Crippen LogP) is 2.83. The molecule has 0 saturated heterocycles. The van der Waals surface area contributed by atoms with Crippen molar-refractivity contribution in [3.05, 3.63) is 72.7 Å². The maximum absolute atomic E-state index is 13.0. The van der Waals surface area contributed by atoms with Crippen molar-refractivity contribution in [3.8, 4) is 17.3 Å². The Morgan fingerprint density at radius 2 is 1.87 bits per heavy atom. The zero-order valence-electron chi connectivity index (χ0n) is 16.8. The Kier molecular flexibility index (Phi) is 4.19. The monoisotopic (exact) mass is 408 g/mol. The van der Waals surface area contributed by atoms with Gasteiger partial charge >= 0.3 is 0 Å². The van der Waals surface area contributed by atoms with E-state index in [4.69, 9.17) is 5.26 Å². The second kappa shape index (κ2) is 7.03. The van der Waals surface area contributed by atoms with E-state index in [1.54, 1.807) is 62.4 Å². The van der Waals surface area contributed by atoms with Gasteiger partial charge in [0.05, 0.1) is 36.0 Å². The summed E-state index contributed by atoms with van der Waals surface area (Å²) in [5.41, 5.74) is 5.28. The van der Waals surface area contributed by atoms with Crippen molar-refractivity contribution in [2.45, 2.75) is 0 Å². The normalized spacial score (nSPS) is 11.0. The Hall–Kier alpha value is -4.58. The minimum Gasteiger partial charge on any atom is -0.318 e. The molecular weight excluding hydrogens is 392 g/mol. The van der Waals surface area contributed by atoms with Gasteiger partial charge in [0.1, 0.15) is 11.2 Å². The van der Waals surface area contributed by atoms with Crippen LogP contribution >= 0.6 is 0 Å². The molecular formula is C22H16N8O. The molecule has 0 aliphatic carbocycles. The highest BCUT2D eigenvalue weighted by molar-refractivity contribution is 6.04. The maximum atomic E-state index is 13.0. The summed E-state index contributed by atoms with van der Waals surface area (Å²) >= 11 is 0. The van der Waals surface area contributed by atoms with E-state index in [1.807, 2.05) is 22.1 Å². The summed E-state index contributed by atoms with van der Waals surface area (Å²) < 4.78 is 3.67. The average molecular weight is 408 g/mol. The Morgan fingerprint density at radius 3 is 2.65 bits per heavy atom. The van der Waals surface area contributed by atoms with Gasteiger partial charge in [-0.25, -0.2) is 19.9 Å². The quantitative estimate of drug-likeness (QED) is 0.455. The first-order valence-corrected chi connectivity index (χ1v) is 9.44. The van der Waals surface area contributed by atoms with E-state index < -0.39 is 0 Å².